The van der Waals surface area contributed by atoms with Gasteiger partial charge in [-0.2, -0.15) is 0 Å². The van der Waals surface area contributed by atoms with Crippen molar-refractivity contribution >= 4 is 0 Å². The van der Waals surface area contributed by atoms with Crippen molar-refractivity contribution in [3.05, 3.63) is 47.1 Å². The predicted molar refractivity (Wildman–Crippen MR) is 77.5 cm³/mol. The fourth-order valence-electron chi connectivity index (χ4n) is 2.83. The Hall–Kier alpha value is -1.08. The van der Waals surface area contributed by atoms with Gasteiger partial charge in [0.15, 0.2) is 0 Å². The fraction of sp³-hybridized carbons (Fsp3) is 0.529. The van der Waals surface area contributed by atoms with E-state index in [-0.39, 0.29) is 11.7 Å². The van der Waals surface area contributed by atoms with Crippen LogP contribution in [0.5, 0.6) is 0 Å². The normalized spacial score (nSPS) is 27.3. The number of hydrogen-bond acceptors (Lipinski definition) is 1. The van der Waals surface area contributed by atoms with E-state index in [0.29, 0.717) is 0 Å². The van der Waals surface area contributed by atoms with Crippen LogP contribution in [-0.4, -0.2) is 11.7 Å². The quantitative estimate of drug-likeness (QED) is 0.695. The lowest BCUT2D eigenvalue weighted by molar-refractivity contribution is -0.0532. The molecule has 0 N–H and O–H groups in total. The molecule has 1 atom stereocenters. The smallest absolute Gasteiger partial charge is 0.0969 e. The van der Waals surface area contributed by atoms with Gasteiger partial charge in [-0.05, 0) is 51.7 Å². The average Bonchev–Trinajstić information content (AvgIpc) is 2.76. The minimum atomic E-state index is -0.131. The van der Waals surface area contributed by atoms with Gasteiger partial charge in [0.25, 0.3) is 0 Å². The van der Waals surface area contributed by atoms with Crippen LogP contribution in [-0.2, 0) is 4.74 Å². The Morgan fingerprint density at radius 2 is 2.06 bits per heavy atom. The van der Waals surface area contributed by atoms with Crippen molar-refractivity contribution in [1.29, 1.82) is 0 Å². The molecule has 1 unspecified atom stereocenters. The van der Waals surface area contributed by atoms with E-state index in [1.165, 1.54) is 16.7 Å². The van der Waals surface area contributed by atoms with E-state index in [0.717, 1.165) is 19.3 Å². The van der Waals surface area contributed by atoms with Gasteiger partial charge >= 0.3 is 0 Å². The molecule has 0 aliphatic heterocycles. The first-order chi connectivity index (χ1) is 8.52. The molecule has 98 valence electrons. The summed E-state index contributed by atoms with van der Waals surface area (Å²) in [6.07, 6.45) is 14.7. The van der Waals surface area contributed by atoms with Crippen LogP contribution < -0.4 is 0 Å². The van der Waals surface area contributed by atoms with Crippen LogP contribution in [0.15, 0.2) is 47.1 Å². The number of hydrogen-bond donors (Lipinski definition) is 0. The van der Waals surface area contributed by atoms with Crippen LogP contribution in [0.3, 0.4) is 0 Å². The highest BCUT2D eigenvalue weighted by Crippen LogP contribution is 2.39. The minimum absolute atomic E-state index is 0.131. The van der Waals surface area contributed by atoms with Crippen molar-refractivity contribution in [1.82, 2.24) is 0 Å². The summed E-state index contributed by atoms with van der Waals surface area (Å²) in [7, 11) is 0. The molecule has 0 saturated carbocycles. The third-order valence-corrected chi connectivity index (χ3v) is 3.72. The molecule has 2 rings (SSSR count). The van der Waals surface area contributed by atoms with Crippen molar-refractivity contribution in [2.24, 2.45) is 0 Å². The van der Waals surface area contributed by atoms with Crippen LogP contribution in [0.1, 0.15) is 47.0 Å². The zero-order chi connectivity index (χ0) is 13.2. The molecule has 18 heavy (non-hydrogen) atoms. The Labute approximate surface area is 111 Å². The van der Waals surface area contributed by atoms with Crippen LogP contribution in [0.2, 0.25) is 0 Å². The van der Waals surface area contributed by atoms with Crippen molar-refractivity contribution in [3.63, 3.8) is 0 Å². The number of allylic oxidation sites excluding steroid dienone is 5. The Morgan fingerprint density at radius 1 is 1.28 bits per heavy atom. The second-order valence-electron chi connectivity index (χ2n) is 5.73. The second kappa shape index (κ2) is 5.27. The van der Waals surface area contributed by atoms with E-state index < -0.39 is 0 Å². The molecule has 2 aliphatic carbocycles. The highest BCUT2D eigenvalue weighted by atomic mass is 16.5. The molecule has 0 spiro atoms. The lowest BCUT2D eigenvalue weighted by Crippen LogP contribution is -2.38. The SMILES string of the molecule is CC1=CCC(CC2=CCC=C2)(OC(C)C)C(C)=C1. The molecule has 0 aromatic carbocycles. The third-order valence-electron chi connectivity index (χ3n) is 3.72. The van der Waals surface area contributed by atoms with Crippen LogP contribution in [0.4, 0.5) is 0 Å². The molecule has 0 heterocycles. The van der Waals surface area contributed by atoms with Crippen molar-refractivity contribution in [3.8, 4) is 0 Å². The van der Waals surface area contributed by atoms with Crippen LogP contribution in [0, 0.1) is 0 Å². The van der Waals surface area contributed by atoms with Gasteiger partial charge in [0.05, 0.1) is 11.7 Å². The molecule has 1 heteroatoms. The molecule has 0 bridgehead atoms. The van der Waals surface area contributed by atoms with Gasteiger partial charge in [-0.1, -0.05) is 36.0 Å². The predicted octanol–water partition coefficient (Wildman–Crippen LogP) is 4.72. The fourth-order valence-corrected chi connectivity index (χ4v) is 2.83. The van der Waals surface area contributed by atoms with Gasteiger partial charge in [-0.25, -0.2) is 0 Å². The van der Waals surface area contributed by atoms with Gasteiger partial charge < -0.3 is 4.74 Å². The molecule has 0 radical (unpaired) electrons. The lowest BCUT2D eigenvalue weighted by atomic mass is 9.80. The van der Waals surface area contributed by atoms with E-state index in [2.05, 4.69) is 58.1 Å². The van der Waals surface area contributed by atoms with E-state index in [1.54, 1.807) is 0 Å². The Kier molecular flexibility index (Phi) is 3.91. The summed E-state index contributed by atoms with van der Waals surface area (Å²) in [4.78, 5) is 0. The van der Waals surface area contributed by atoms with Gasteiger partial charge in [0.2, 0.25) is 0 Å². The van der Waals surface area contributed by atoms with Gasteiger partial charge in [0, 0.05) is 6.42 Å². The van der Waals surface area contributed by atoms with Crippen molar-refractivity contribution in [2.75, 3.05) is 0 Å². The van der Waals surface area contributed by atoms with Gasteiger partial charge in [0.1, 0.15) is 0 Å². The molecular weight excluding hydrogens is 220 g/mol. The molecule has 0 aromatic rings. The second-order valence-corrected chi connectivity index (χ2v) is 5.73. The van der Waals surface area contributed by atoms with E-state index in [4.69, 9.17) is 4.74 Å². The third kappa shape index (κ3) is 2.84. The first kappa shape index (κ1) is 13.4. The maximum absolute atomic E-state index is 6.31. The summed E-state index contributed by atoms with van der Waals surface area (Å²) in [6, 6.07) is 0. The van der Waals surface area contributed by atoms with Crippen LogP contribution in [0.25, 0.3) is 0 Å². The summed E-state index contributed by atoms with van der Waals surface area (Å²) in [5, 5.41) is 0. The maximum Gasteiger partial charge on any atom is 0.0969 e. The summed E-state index contributed by atoms with van der Waals surface area (Å²) < 4.78 is 6.31. The van der Waals surface area contributed by atoms with Crippen molar-refractivity contribution < 1.29 is 4.74 Å². The van der Waals surface area contributed by atoms with E-state index in [9.17, 15) is 0 Å². The Morgan fingerprint density at radius 3 is 2.61 bits per heavy atom. The molecule has 0 fully saturated rings. The van der Waals surface area contributed by atoms with Crippen LogP contribution >= 0.6 is 0 Å². The van der Waals surface area contributed by atoms with E-state index in [1.807, 2.05) is 0 Å². The van der Waals surface area contributed by atoms with Gasteiger partial charge in [-0.3, -0.25) is 0 Å². The summed E-state index contributed by atoms with van der Waals surface area (Å²) in [6.45, 7) is 8.62. The minimum Gasteiger partial charge on any atom is -0.367 e. The molecular formula is C17H24O. The molecule has 0 aromatic heterocycles. The zero-order valence-electron chi connectivity index (χ0n) is 12.0. The Balaban J connectivity index is 2.24. The molecule has 1 nitrogen and oxygen atoms in total. The lowest BCUT2D eigenvalue weighted by Gasteiger charge is -2.38. The summed E-state index contributed by atoms with van der Waals surface area (Å²) in [5.74, 6) is 0. The number of rotatable bonds is 4. The maximum atomic E-state index is 6.31. The molecule has 2 aliphatic rings. The largest absolute Gasteiger partial charge is 0.367 e. The van der Waals surface area contributed by atoms with Crippen molar-refractivity contribution in [2.45, 2.75) is 58.7 Å². The summed E-state index contributed by atoms with van der Waals surface area (Å²) >= 11 is 0. The van der Waals surface area contributed by atoms with Gasteiger partial charge in [-0.15, -0.1) is 0 Å². The standard InChI is InChI=1S/C17H24O/c1-13(2)18-17(12-16-7-5-6-8-16)10-9-14(3)11-15(17)4/h5,7-9,11,13H,6,10,12H2,1-4H3. The monoisotopic (exact) mass is 244 g/mol. The summed E-state index contributed by atoms with van der Waals surface area (Å²) in [5.41, 5.74) is 3.99. The first-order valence-electron chi connectivity index (χ1n) is 6.91. The highest BCUT2D eigenvalue weighted by molar-refractivity contribution is 5.37. The Bertz CT molecular complexity index is 435. The first-order valence-corrected chi connectivity index (χ1v) is 6.91. The molecule has 0 amide bonds. The van der Waals surface area contributed by atoms with E-state index >= 15 is 0 Å². The average molecular weight is 244 g/mol. The number of ether oxygens (including phenoxy) is 1. The molecule has 0 saturated heterocycles. The highest BCUT2D eigenvalue weighted by Gasteiger charge is 2.35. The zero-order valence-corrected chi connectivity index (χ0v) is 12.0. The topological polar surface area (TPSA) is 9.23 Å².